The Hall–Kier alpha value is -2.38. The maximum atomic E-state index is 11.8. The summed E-state index contributed by atoms with van der Waals surface area (Å²) in [5.74, 6) is 0. The van der Waals surface area contributed by atoms with E-state index in [9.17, 15) is 14.9 Å². The van der Waals surface area contributed by atoms with Gasteiger partial charge in [0, 0.05) is 18.3 Å². The van der Waals surface area contributed by atoms with Crippen LogP contribution in [0.5, 0.6) is 0 Å². The number of rotatable bonds is 4. The van der Waals surface area contributed by atoms with Gasteiger partial charge in [-0.15, -0.1) is 0 Å². The van der Waals surface area contributed by atoms with Crippen molar-refractivity contribution in [2.75, 3.05) is 5.32 Å². The van der Waals surface area contributed by atoms with Crippen LogP contribution in [0.2, 0.25) is 0 Å². The number of aromatic nitrogens is 1. The lowest BCUT2D eigenvalue weighted by Gasteiger charge is -2.30. The number of carbonyl (C=O) groups excluding carboxylic acids is 1. The molecule has 0 radical (unpaired) electrons. The first-order valence-electron chi connectivity index (χ1n) is 8.09. The standard InChI is InChI=1S/C16H24N4O4/c1-16(2,3)24-15(21)19-12-6-4-11(5-7-12)18-13-8-9-17-10-14(13)20(22)23/h8-12H,4-7H2,1-3H3,(H,17,18)(H,19,21)/t11-,12-. The monoisotopic (exact) mass is 336 g/mol. The molecule has 1 aromatic heterocycles. The summed E-state index contributed by atoms with van der Waals surface area (Å²) in [4.78, 5) is 26.2. The molecule has 0 saturated heterocycles. The topological polar surface area (TPSA) is 106 Å². The zero-order chi connectivity index (χ0) is 17.7. The molecule has 2 rings (SSSR count). The zero-order valence-corrected chi connectivity index (χ0v) is 14.2. The molecule has 0 spiro atoms. The molecule has 1 heterocycles. The Bertz CT molecular complexity index is 592. The number of alkyl carbamates (subject to hydrolysis) is 1. The van der Waals surface area contributed by atoms with E-state index in [1.54, 1.807) is 6.07 Å². The van der Waals surface area contributed by atoms with E-state index < -0.39 is 16.6 Å². The number of nitrogens with one attached hydrogen (secondary N) is 2. The number of ether oxygens (including phenoxy) is 1. The van der Waals surface area contributed by atoms with E-state index >= 15 is 0 Å². The van der Waals surface area contributed by atoms with Gasteiger partial charge in [-0.3, -0.25) is 15.1 Å². The van der Waals surface area contributed by atoms with Crippen molar-refractivity contribution in [3.8, 4) is 0 Å². The second-order valence-electron chi connectivity index (χ2n) is 6.99. The van der Waals surface area contributed by atoms with Gasteiger partial charge in [0.2, 0.25) is 0 Å². The summed E-state index contributed by atoms with van der Waals surface area (Å²) >= 11 is 0. The normalized spacial score (nSPS) is 21.0. The highest BCUT2D eigenvalue weighted by Gasteiger charge is 2.26. The highest BCUT2D eigenvalue weighted by atomic mass is 16.6. The predicted molar refractivity (Wildman–Crippen MR) is 89.9 cm³/mol. The van der Waals surface area contributed by atoms with Gasteiger partial charge in [0.1, 0.15) is 17.5 Å². The number of anilines is 1. The molecule has 0 aliphatic heterocycles. The third-order valence-electron chi connectivity index (χ3n) is 3.80. The van der Waals surface area contributed by atoms with E-state index in [-0.39, 0.29) is 17.8 Å². The largest absolute Gasteiger partial charge is 0.444 e. The number of nitro groups is 1. The smallest absolute Gasteiger partial charge is 0.407 e. The molecule has 1 aliphatic rings. The Morgan fingerprint density at radius 2 is 1.92 bits per heavy atom. The number of carbonyl (C=O) groups is 1. The maximum absolute atomic E-state index is 11.8. The molecule has 1 amide bonds. The van der Waals surface area contributed by atoms with Crippen molar-refractivity contribution in [2.45, 2.75) is 64.1 Å². The van der Waals surface area contributed by atoms with Gasteiger partial charge in [-0.1, -0.05) is 0 Å². The Morgan fingerprint density at radius 1 is 1.29 bits per heavy atom. The molecule has 1 saturated carbocycles. The van der Waals surface area contributed by atoms with Gasteiger partial charge < -0.3 is 15.4 Å². The quantitative estimate of drug-likeness (QED) is 0.646. The summed E-state index contributed by atoms with van der Waals surface area (Å²) in [6.45, 7) is 5.49. The van der Waals surface area contributed by atoms with Crippen LogP contribution in [-0.4, -0.2) is 33.7 Å². The van der Waals surface area contributed by atoms with Gasteiger partial charge >= 0.3 is 11.8 Å². The second kappa shape index (κ2) is 7.46. The Kier molecular flexibility index (Phi) is 5.58. The molecule has 1 aliphatic carbocycles. The van der Waals surface area contributed by atoms with Crippen molar-refractivity contribution in [3.63, 3.8) is 0 Å². The van der Waals surface area contributed by atoms with Gasteiger partial charge in [-0.05, 0) is 52.5 Å². The molecule has 24 heavy (non-hydrogen) atoms. The first kappa shape index (κ1) is 18.0. The molecular formula is C16H24N4O4. The van der Waals surface area contributed by atoms with Gasteiger partial charge in [0.25, 0.3) is 0 Å². The van der Waals surface area contributed by atoms with E-state index in [0.717, 1.165) is 25.7 Å². The van der Waals surface area contributed by atoms with Crippen LogP contribution >= 0.6 is 0 Å². The van der Waals surface area contributed by atoms with Crippen molar-refractivity contribution < 1.29 is 14.5 Å². The van der Waals surface area contributed by atoms with Crippen molar-refractivity contribution >= 4 is 17.5 Å². The number of amides is 1. The summed E-state index contributed by atoms with van der Waals surface area (Å²) in [5.41, 5.74) is -0.0478. The Balaban J connectivity index is 1.83. The fourth-order valence-electron chi connectivity index (χ4n) is 2.73. The van der Waals surface area contributed by atoms with E-state index in [4.69, 9.17) is 4.74 Å². The zero-order valence-electron chi connectivity index (χ0n) is 14.2. The lowest BCUT2D eigenvalue weighted by Crippen LogP contribution is -2.42. The molecule has 0 aromatic carbocycles. The fourth-order valence-corrected chi connectivity index (χ4v) is 2.73. The first-order valence-corrected chi connectivity index (χ1v) is 8.09. The molecule has 0 atom stereocenters. The molecular weight excluding hydrogens is 312 g/mol. The summed E-state index contributed by atoms with van der Waals surface area (Å²) in [7, 11) is 0. The van der Waals surface area contributed by atoms with Gasteiger partial charge in [0.15, 0.2) is 0 Å². The SMILES string of the molecule is CC(C)(C)OC(=O)N[C@H]1CC[C@H](Nc2ccncc2[N+](=O)[O-])CC1. The molecule has 1 aromatic rings. The molecule has 0 bridgehead atoms. The van der Waals surface area contributed by atoms with Crippen LogP contribution in [0.3, 0.4) is 0 Å². The van der Waals surface area contributed by atoms with Gasteiger partial charge in [-0.2, -0.15) is 0 Å². The van der Waals surface area contributed by atoms with Crippen LogP contribution in [0.4, 0.5) is 16.2 Å². The average molecular weight is 336 g/mol. The summed E-state index contributed by atoms with van der Waals surface area (Å²) < 4.78 is 5.26. The summed E-state index contributed by atoms with van der Waals surface area (Å²) in [6.07, 6.45) is 5.62. The molecule has 8 nitrogen and oxygen atoms in total. The van der Waals surface area contributed by atoms with Crippen molar-refractivity contribution in [1.29, 1.82) is 0 Å². The lowest BCUT2D eigenvalue weighted by atomic mass is 9.91. The minimum atomic E-state index is -0.511. The van der Waals surface area contributed by atoms with Crippen LogP contribution in [0, 0.1) is 10.1 Å². The van der Waals surface area contributed by atoms with Crippen LogP contribution in [0.15, 0.2) is 18.5 Å². The van der Waals surface area contributed by atoms with Crippen LogP contribution in [0.25, 0.3) is 0 Å². The van der Waals surface area contributed by atoms with Gasteiger partial charge in [-0.25, -0.2) is 4.79 Å². The number of pyridine rings is 1. The molecule has 2 N–H and O–H groups in total. The second-order valence-corrected chi connectivity index (χ2v) is 6.99. The van der Waals surface area contributed by atoms with Crippen molar-refractivity contribution in [3.05, 3.63) is 28.6 Å². The minimum absolute atomic E-state index is 0.0218. The minimum Gasteiger partial charge on any atom is -0.444 e. The highest BCUT2D eigenvalue weighted by molar-refractivity contribution is 5.68. The Labute approximate surface area is 141 Å². The lowest BCUT2D eigenvalue weighted by molar-refractivity contribution is -0.384. The third kappa shape index (κ3) is 5.36. The van der Waals surface area contributed by atoms with Crippen molar-refractivity contribution in [1.82, 2.24) is 10.3 Å². The van der Waals surface area contributed by atoms with Gasteiger partial charge in [0.05, 0.1) is 4.92 Å². The van der Waals surface area contributed by atoms with E-state index in [1.165, 1.54) is 12.4 Å². The maximum Gasteiger partial charge on any atom is 0.407 e. The predicted octanol–water partition coefficient (Wildman–Crippen LogP) is 3.24. The summed E-state index contributed by atoms with van der Waals surface area (Å²) in [5, 5.41) is 17.1. The number of hydrogen-bond donors (Lipinski definition) is 2. The number of nitrogens with zero attached hydrogens (tertiary/aromatic N) is 2. The first-order chi connectivity index (χ1) is 11.2. The Morgan fingerprint density at radius 3 is 2.50 bits per heavy atom. The van der Waals surface area contributed by atoms with E-state index in [1.807, 2.05) is 20.8 Å². The number of hydrogen-bond acceptors (Lipinski definition) is 6. The average Bonchev–Trinajstić information content (AvgIpc) is 2.47. The molecule has 1 fully saturated rings. The van der Waals surface area contributed by atoms with Crippen molar-refractivity contribution in [2.24, 2.45) is 0 Å². The summed E-state index contributed by atoms with van der Waals surface area (Å²) in [6, 6.07) is 1.83. The van der Waals surface area contributed by atoms with Crippen LogP contribution in [-0.2, 0) is 4.74 Å². The third-order valence-corrected chi connectivity index (χ3v) is 3.80. The highest BCUT2D eigenvalue weighted by Crippen LogP contribution is 2.27. The molecule has 0 unspecified atom stereocenters. The van der Waals surface area contributed by atoms with E-state index in [2.05, 4.69) is 15.6 Å². The fraction of sp³-hybridized carbons (Fsp3) is 0.625. The van der Waals surface area contributed by atoms with Crippen LogP contribution < -0.4 is 10.6 Å². The molecule has 8 heteroatoms. The molecule has 132 valence electrons. The van der Waals surface area contributed by atoms with Crippen LogP contribution in [0.1, 0.15) is 46.5 Å². The van der Waals surface area contributed by atoms with E-state index in [0.29, 0.717) is 5.69 Å².